The molecule has 0 spiro atoms. The first-order valence-electron chi connectivity index (χ1n) is 8.06. The molecule has 1 saturated heterocycles. The molecule has 1 aliphatic heterocycles. The summed E-state index contributed by atoms with van der Waals surface area (Å²) in [6, 6.07) is 0. The molecule has 1 aliphatic rings. The predicted molar refractivity (Wildman–Crippen MR) is 92.6 cm³/mol. The van der Waals surface area contributed by atoms with Crippen LogP contribution in [-0.4, -0.2) is 23.7 Å². The van der Waals surface area contributed by atoms with Gasteiger partial charge in [-0.3, -0.25) is 0 Å². The molecule has 2 atom stereocenters. The number of methoxy groups -OCH3 is 1. The van der Waals surface area contributed by atoms with Gasteiger partial charge in [0.1, 0.15) is 0 Å². The molecule has 0 amide bonds. The summed E-state index contributed by atoms with van der Waals surface area (Å²) in [4.78, 5) is 0. The molecule has 0 saturated carbocycles. The molecule has 0 aromatic rings. The Hall–Kier alpha value is -0.210. The fraction of sp³-hybridized carbons (Fsp3) is 0.778. The van der Waals surface area contributed by atoms with Gasteiger partial charge < -0.3 is 4.74 Å². The molecular formula is C18H32OS. The molecule has 0 bridgehead atoms. The normalized spacial score (nSPS) is 26.9. The van der Waals surface area contributed by atoms with Gasteiger partial charge in [-0.2, -0.15) is 0 Å². The van der Waals surface area contributed by atoms with Crippen molar-refractivity contribution in [2.75, 3.05) is 13.7 Å². The minimum absolute atomic E-state index is 0.596. The van der Waals surface area contributed by atoms with Gasteiger partial charge in [0.05, 0.1) is 6.61 Å². The number of hydrogen-bond acceptors (Lipinski definition) is 2. The number of thioether (sulfide) groups is 1. The Kier molecular flexibility index (Phi) is 7.98. The number of allylic oxidation sites excluding steroid dienone is 3. The average molecular weight is 297 g/mol. The highest BCUT2D eigenvalue weighted by molar-refractivity contribution is 8.08. The summed E-state index contributed by atoms with van der Waals surface area (Å²) >= 11 is 2.18. The van der Waals surface area contributed by atoms with E-state index in [9.17, 15) is 0 Å². The molecule has 1 heterocycles. The molecule has 20 heavy (non-hydrogen) atoms. The van der Waals surface area contributed by atoms with Gasteiger partial charge in [0.2, 0.25) is 0 Å². The van der Waals surface area contributed by atoms with Crippen LogP contribution in [0.3, 0.4) is 0 Å². The largest absolute Gasteiger partial charge is 0.381 e. The lowest BCUT2D eigenvalue weighted by atomic mass is 9.97. The lowest BCUT2D eigenvalue weighted by molar-refractivity contribution is 0.233. The van der Waals surface area contributed by atoms with Gasteiger partial charge >= 0.3 is 0 Å². The summed E-state index contributed by atoms with van der Waals surface area (Å²) in [5, 5.41) is 0.908. The first kappa shape index (κ1) is 17.8. The predicted octanol–water partition coefficient (Wildman–Crippen LogP) is 5.76. The third-order valence-electron chi connectivity index (χ3n) is 4.49. The maximum Gasteiger partial charge on any atom is 0.0646 e. The van der Waals surface area contributed by atoms with Gasteiger partial charge in [-0.25, -0.2) is 0 Å². The van der Waals surface area contributed by atoms with Gasteiger partial charge in [0.15, 0.2) is 0 Å². The van der Waals surface area contributed by atoms with Crippen LogP contribution in [0, 0.1) is 0 Å². The molecular weight excluding hydrogens is 264 g/mol. The van der Waals surface area contributed by atoms with E-state index in [1.807, 2.05) is 0 Å². The van der Waals surface area contributed by atoms with Crippen molar-refractivity contribution in [3.8, 4) is 0 Å². The summed E-state index contributed by atoms with van der Waals surface area (Å²) in [6.07, 6.45) is 12.2. The van der Waals surface area contributed by atoms with Crippen LogP contribution < -0.4 is 0 Å². The molecule has 2 heteroatoms. The average Bonchev–Trinajstić information content (AvgIpc) is 3.11. The van der Waals surface area contributed by atoms with E-state index < -0.39 is 0 Å². The smallest absolute Gasteiger partial charge is 0.0646 e. The van der Waals surface area contributed by atoms with Crippen molar-refractivity contribution in [3.63, 3.8) is 0 Å². The third-order valence-corrected chi connectivity index (χ3v) is 6.39. The van der Waals surface area contributed by atoms with E-state index in [1.54, 1.807) is 12.7 Å². The first-order valence-corrected chi connectivity index (χ1v) is 8.94. The molecule has 0 N–H and O–H groups in total. The summed E-state index contributed by atoms with van der Waals surface area (Å²) in [5.41, 5.74) is 3.09. The summed E-state index contributed by atoms with van der Waals surface area (Å²) in [6.45, 7) is 9.97. The van der Waals surface area contributed by atoms with E-state index in [1.165, 1.54) is 37.7 Å². The van der Waals surface area contributed by atoms with Crippen molar-refractivity contribution >= 4 is 11.8 Å². The summed E-state index contributed by atoms with van der Waals surface area (Å²) in [7, 11) is 1.75. The number of hydrogen-bond donors (Lipinski definition) is 0. The van der Waals surface area contributed by atoms with Crippen molar-refractivity contribution in [3.05, 3.63) is 23.3 Å². The second kappa shape index (κ2) is 8.94. The highest BCUT2D eigenvalue weighted by Crippen LogP contribution is 2.57. The van der Waals surface area contributed by atoms with E-state index in [0.29, 0.717) is 4.75 Å². The number of ether oxygens (including phenoxy) is 1. The van der Waals surface area contributed by atoms with Crippen LogP contribution >= 0.6 is 11.8 Å². The quantitative estimate of drug-likeness (QED) is 0.374. The first-order chi connectivity index (χ1) is 9.55. The second-order valence-corrected chi connectivity index (χ2v) is 7.81. The minimum Gasteiger partial charge on any atom is -0.381 e. The van der Waals surface area contributed by atoms with Crippen molar-refractivity contribution in [1.29, 1.82) is 0 Å². The lowest BCUT2D eigenvalue weighted by Gasteiger charge is -2.07. The molecule has 2 unspecified atom stereocenters. The lowest BCUT2D eigenvalue weighted by Crippen LogP contribution is -2.07. The molecule has 116 valence electrons. The van der Waals surface area contributed by atoms with Crippen LogP contribution in [0.15, 0.2) is 23.3 Å². The van der Waals surface area contributed by atoms with Crippen LogP contribution in [0.1, 0.15) is 66.2 Å². The highest BCUT2D eigenvalue weighted by atomic mass is 32.2. The zero-order valence-electron chi connectivity index (χ0n) is 14.0. The SMILES string of the molecule is CCC(=CCCC(C)=CCOC)CCC1SC1(C)CC. The van der Waals surface area contributed by atoms with Crippen molar-refractivity contribution in [2.45, 2.75) is 76.2 Å². The topological polar surface area (TPSA) is 9.23 Å². The number of rotatable bonds is 10. The molecule has 0 aromatic carbocycles. The highest BCUT2D eigenvalue weighted by Gasteiger charge is 2.48. The second-order valence-electron chi connectivity index (χ2n) is 6.07. The van der Waals surface area contributed by atoms with E-state index in [0.717, 1.165) is 18.3 Å². The van der Waals surface area contributed by atoms with Gasteiger partial charge in [-0.1, -0.05) is 37.1 Å². The molecule has 1 nitrogen and oxygen atoms in total. The van der Waals surface area contributed by atoms with Gasteiger partial charge in [-0.05, 0) is 52.4 Å². The van der Waals surface area contributed by atoms with E-state index in [-0.39, 0.29) is 0 Å². The molecule has 1 fully saturated rings. The van der Waals surface area contributed by atoms with Gasteiger partial charge in [-0.15, -0.1) is 11.8 Å². The van der Waals surface area contributed by atoms with Crippen LogP contribution in [0.25, 0.3) is 0 Å². The van der Waals surface area contributed by atoms with Crippen LogP contribution in [-0.2, 0) is 4.74 Å². The third kappa shape index (κ3) is 6.05. The Balaban J connectivity index is 2.26. The summed E-state index contributed by atoms with van der Waals surface area (Å²) < 4.78 is 5.66. The van der Waals surface area contributed by atoms with Crippen molar-refractivity contribution in [1.82, 2.24) is 0 Å². The van der Waals surface area contributed by atoms with E-state index in [4.69, 9.17) is 4.74 Å². The molecule has 0 aromatic heterocycles. The van der Waals surface area contributed by atoms with Crippen molar-refractivity contribution in [2.24, 2.45) is 0 Å². The van der Waals surface area contributed by atoms with Crippen LogP contribution in [0.2, 0.25) is 0 Å². The zero-order valence-corrected chi connectivity index (χ0v) is 14.8. The minimum atomic E-state index is 0.596. The molecule has 1 rings (SSSR count). The fourth-order valence-electron chi connectivity index (χ4n) is 2.54. The maximum atomic E-state index is 5.07. The zero-order chi connectivity index (χ0) is 15.0. The van der Waals surface area contributed by atoms with Crippen LogP contribution in [0.5, 0.6) is 0 Å². The maximum absolute atomic E-state index is 5.07. The summed E-state index contributed by atoms with van der Waals surface area (Å²) in [5.74, 6) is 0. The van der Waals surface area contributed by atoms with Crippen molar-refractivity contribution < 1.29 is 4.74 Å². The fourth-order valence-corrected chi connectivity index (χ4v) is 3.81. The van der Waals surface area contributed by atoms with Gasteiger partial charge in [0, 0.05) is 17.1 Å². The monoisotopic (exact) mass is 296 g/mol. The standard InChI is InChI=1S/C18H32OS/c1-6-16(10-8-9-15(3)13-14-19-5)11-12-17-18(4,7-2)20-17/h10,13,17H,6-9,11-12,14H2,1-5H3. The van der Waals surface area contributed by atoms with Crippen LogP contribution in [0.4, 0.5) is 0 Å². The Morgan fingerprint density at radius 3 is 2.55 bits per heavy atom. The van der Waals surface area contributed by atoms with Gasteiger partial charge in [0.25, 0.3) is 0 Å². The Bertz CT molecular complexity index is 345. The Labute approximate surface area is 130 Å². The Morgan fingerprint density at radius 1 is 1.25 bits per heavy atom. The van der Waals surface area contributed by atoms with E-state index >= 15 is 0 Å². The Morgan fingerprint density at radius 2 is 2.00 bits per heavy atom. The molecule has 0 radical (unpaired) electrons. The van der Waals surface area contributed by atoms with E-state index in [2.05, 4.69) is 51.6 Å². The molecule has 0 aliphatic carbocycles.